The van der Waals surface area contributed by atoms with E-state index in [0.717, 1.165) is 5.56 Å². The lowest BCUT2D eigenvalue weighted by Crippen LogP contribution is -2.40. The number of carbonyl (C=O) groups excluding carboxylic acids is 2. The Hall–Kier alpha value is -2.89. The lowest BCUT2D eigenvalue weighted by atomic mass is 10.1. The lowest BCUT2D eigenvalue weighted by Gasteiger charge is -2.20. The highest BCUT2D eigenvalue weighted by molar-refractivity contribution is 5.99. The van der Waals surface area contributed by atoms with E-state index in [2.05, 4.69) is 15.6 Å². The third-order valence-corrected chi connectivity index (χ3v) is 3.38. The number of rotatable bonds is 5. The van der Waals surface area contributed by atoms with E-state index in [4.69, 9.17) is 4.74 Å². The summed E-state index contributed by atoms with van der Waals surface area (Å²) in [5.41, 5.74) is 1.18. The summed E-state index contributed by atoms with van der Waals surface area (Å²) in [6.45, 7) is 5.99. The number of benzene rings is 1. The van der Waals surface area contributed by atoms with Gasteiger partial charge in [0.25, 0.3) is 11.8 Å². The van der Waals surface area contributed by atoms with Crippen LogP contribution in [-0.4, -0.2) is 29.4 Å². The van der Waals surface area contributed by atoms with Crippen LogP contribution in [0.3, 0.4) is 0 Å². The summed E-state index contributed by atoms with van der Waals surface area (Å²) in [5.74, 6) is 0.141. The molecule has 2 rings (SSSR count). The molecule has 1 heterocycles. The van der Waals surface area contributed by atoms with Gasteiger partial charge in [0.05, 0.1) is 18.2 Å². The topological polar surface area (TPSA) is 80.3 Å². The van der Waals surface area contributed by atoms with Crippen LogP contribution in [0.4, 0.5) is 0 Å². The molecule has 0 bridgehead atoms. The van der Waals surface area contributed by atoms with Gasteiger partial charge in [0, 0.05) is 30.0 Å². The predicted octanol–water partition coefficient (Wildman–Crippen LogP) is 2.55. The summed E-state index contributed by atoms with van der Waals surface area (Å²) in [6.07, 6.45) is 2.88. The van der Waals surface area contributed by atoms with Crippen LogP contribution in [0, 0.1) is 0 Å². The first-order chi connectivity index (χ1) is 11.8. The molecule has 0 aliphatic rings. The molecule has 0 atom stereocenters. The molecule has 0 saturated carbocycles. The second kappa shape index (κ2) is 7.79. The van der Waals surface area contributed by atoms with Gasteiger partial charge in [-0.25, -0.2) is 0 Å². The van der Waals surface area contributed by atoms with Crippen molar-refractivity contribution in [2.45, 2.75) is 32.9 Å². The molecule has 0 spiro atoms. The number of ether oxygens (including phenoxy) is 1. The Morgan fingerprint density at radius 3 is 2.36 bits per heavy atom. The van der Waals surface area contributed by atoms with E-state index in [9.17, 15) is 9.59 Å². The Morgan fingerprint density at radius 2 is 1.72 bits per heavy atom. The number of pyridine rings is 1. The van der Waals surface area contributed by atoms with Gasteiger partial charge in [0.2, 0.25) is 0 Å². The minimum Gasteiger partial charge on any atom is -0.496 e. The van der Waals surface area contributed by atoms with Crippen molar-refractivity contribution in [3.8, 4) is 5.75 Å². The normalized spacial score (nSPS) is 10.9. The highest BCUT2D eigenvalue weighted by Gasteiger charge is 2.17. The van der Waals surface area contributed by atoms with Gasteiger partial charge in [0.15, 0.2) is 0 Å². The SMILES string of the molecule is COc1ccccc1CNC(=O)c1cncc(C(=O)NC(C)(C)C)c1. The van der Waals surface area contributed by atoms with E-state index < -0.39 is 0 Å². The van der Waals surface area contributed by atoms with Gasteiger partial charge in [0.1, 0.15) is 5.75 Å². The molecular formula is C19H23N3O3. The number of carbonyl (C=O) groups is 2. The van der Waals surface area contributed by atoms with Crippen LogP contribution in [-0.2, 0) is 6.54 Å². The second-order valence-corrected chi connectivity index (χ2v) is 6.66. The Morgan fingerprint density at radius 1 is 1.08 bits per heavy atom. The molecule has 0 unspecified atom stereocenters. The fourth-order valence-corrected chi connectivity index (χ4v) is 2.23. The zero-order valence-electron chi connectivity index (χ0n) is 14.9. The molecule has 0 radical (unpaired) electrons. The molecule has 1 aromatic carbocycles. The summed E-state index contributed by atoms with van der Waals surface area (Å²) < 4.78 is 5.26. The summed E-state index contributed by atoms with van der Waals surface area (Å²) in [4.78, 5) is 28.6. The van der Waals surface area contributed by atoms with Crippen LogP contribution in [0.15, 0.2) is 42.7 Å². The molecule has 1 aromatic heterocycles. The van der Waals surface area contributed by atoms with Gasteiger partial charge in [-0.2, -0.15) is 0 Å². The van der Waals surface area contributed by atoms with Gasteiger partial charge >= 0.3 is 0 Å². The first kappa shape index (κ1) is 18.4. The standard InChI is InChI=1S/C19H23N3O3/c1-19(2,3)22-18(24)15-9-14(10-20-11-15)17(23)21-12-13-7-5-6-8-16(13)25-4/h5-11H,12H2,1-4H3,(H,21,23)(H,22,24). The zero-order chi connectivity index (χ0) is 18.4. The second-order valence-electron chi connectivity index (χ2n) is 6.66. The fraction of sp³-hybridized carbons (Fsp3) is 0.316. The number of para-hydroxylation sites is 1. The van der Waals surface area contributed by atoms with Crippen molar-refractivity contribution < 1.29 is 14.3 Å². The van der Waals surface area contributed by atoms with Crippen molar-refractivity contribution in [2.24, 2.45) is 0 Å². The average molecular weight is 341 g/mol. The molecule has 6 nitrogen and oxygen atoms in total. The van der Waals surface area contributed by atoms with Crippen molar-refractivity contribution >= 4 is 11.8 Å². The number of amides is 2. The molecule has 2 amide bonds. The van der Waals surface area contributed by atoms with E-state index in [1.807, 2.05) is 45.0 Å². The smallest absolute Gasteiger partial charge is 0.253 e. The van der Waals surface area contributed by atoms with E-state index >= 15 is 0 Å². The van der Waals surface area contributed by atoms with Gasteiger partial charge in [-0.3, -0.25) is 14.6 Å². The van der Waals surface area contributed by atoms with Crippen molar-refractivity contribution in [1.29, 1.82) is 0 Å². The Kier molecular flexibility index (Phi) is 5.75. The van der Waals surface area contributed by atoms with Crippen LogP contribution < -0.4 is 15.4 Å². The Labute approximate surface area is 147 Å². The molecule has 2 N–H and O–H groups in total. The molecule has 0 aliphatic carbocycles. The van der Waals surface area contributed by atoms with Crippen molar-refractivity contribution in [1.82, 2.24) is 15.6 Å². The first-order valence-electron chi connectivity index (χ1n) is 7.98. The van der Waals surface area contributed by atoms with E-state index in [1.54, 1.807) is 7.11 Å². The molecule has 2 aromatic rings. The van der Waals surface area contributed by atoms with Crippen LogP contribution >= 0.6 is 0 Å². The molecule has 0 aliphatic heterocycles. The maximum Gasteiger partial charge on any atom is 0.253 e. The number of hydrogen-bond acceptors (Lipinski definition) is 4. The van der Waals surface area contributed by atoms with E-state index in [-0.39, 0.29) is 17.4 Å². The molecule has 6 heteroatoms. The summed E-state index contributed by atoms with van der Waals surface area (Å²) >= 11 is 0. The summed E-state index contributed by atoms with van der Waals surface area (Å²) in [5, 5.41) is 5.66. The zero-order valence-corrected chi connectivity index (χ0v) is 14.9. The predicted molar refractivity (Wildman–Crippen MR) is 95.6 cm³/mol. The van der Waals surface area contributed by atoms with Crippen molar-refractivity contribution in [3.63, 3.8) is 0 Å². The number of hydrogen-bond donors (Lipinski definition) is 2. The maximum atomic E-state index is 12.4. The van der Waals surface area contributed by atoms with Gasteiger partial charge in [-0.15, -0.1) is 0 Å². The summed E-state index contributed by atoms with van der Waals surface area (Å²) in [6, 6.07) is 8.99. The van der Waals surface area contributed by atoms with E-state index in [1.165, 1.54) is 18.5 Å². The fourth-order valence-electron chi connectivity index (χ4n) is 2.23. The molecule has 25 heavy (non-hydrogen) atoms. The maximum absolute atomic E-state index is 12.4. The number of methoxy groups -OCH3 is 1. The largest absolute Gasteiger partial charge is 0.496 e. The van der Waals surface area contributed by atoms with Crippen LogP contribution in [0.25, 0.3) is 0 Å². The number of nitrogens with zero attached hydrogens (tertiary/aromatic N) is 1. The minimum absolute atomic E-state index is 0.264. The monoisotopic (exact) mass is 341 g/mol. The molecule has 0 fully saturated rings. The van der Waals surface area contributed by atoms with Gasteiger partial charge in [-0.1, -0.05) is 18.2 Å². The van der Waals surface area contributed by atoms with Crippen molar-refractivity contribution in [2.75, 3.05) is 7.11 Å². The highest BCUT2D eigenvalue weighted by Crippen LogP contribution is 2.17. The molecule has 0 saturated heterocycles. The molecule has 132 valence electrons. The van der Waals surface area contributed by atoms with Crippen LogP contribution in [0.2, 0.25) is 0 Å². The Bertz CT molecular complexity index is 767. The summed E-state index contributed by atoms with van der Waals surface area (Å²) in [7, 11) is 1.59. The van der Waals surface area contributed by atoms with Gasteiger partial charge in [-0.05, 0) is 32.9 Å². The molecular weight excluding hydrogens is 318 g/mol. The number of nitrogens with one attached hydrogen (secondary N) is 2. The third kappa shape index (κ3) is 5.31. The highest BCUT2D eigenvalue weighted by atomic mass is 16.5. The first-order valence-corrected chi connectivity index (χ1v) is 7.98. The third-order valence-electron chi connectivity index (χ3n) is 3.38. The quantitative estimate of drug-likeness (QED) is 0.876. The van der Waals surface area contributed by atoms with E-state index in [0.29, 0.717) is 23.4 Å². The minimum atomic E-state index is -0.362. The average Bonchev–Trinajstić information content (AvgIpc) is 2.58. The Balaban J connectivity index is 2.07. The van der Waals surface area contributed by atoms with Gasteiger partial charge < -0.3 is 15.4 Å². The lowest BCUT2D eigenvalue weighted by molar-refractivity contribution is 0.0919. The van der Waals surface area contributed by atoms with Crippen LogP contribution in [0.5, 0.6) is 5.75 Å². The number of aromatic nitrogens is 1. The van der Waals surface area contributed by atoms with Crippen molar-refractivity contribution in [3.05, 3.63) is 59.4 Å². The van der Waals surface area contributed by atoms with Crippen LogP contribution in [0.1, 0.15) is 47.1 Å².